The maximum absolute atomic E-state index is 13.1. The average Bonchev–Trinajstić information content (AvgIpc) is 3.09. The summed E-state index contributed by atoms with van der Waals surface area (Å²) in [4.78, 5) is 29.6. The molecule has 1 unspecified atom stereocenters. The predicted molar refractivity (Wildman–Crippen MR) is 133 cm³/mol. The number of likely N-dealkylation sites (tertiary alicyclic amines) is 1. The summed E-state index contributed by atoms with van der Waals surface area (Å²) < 4.78 is 10.9. The van der Waals surface area contributed by atoms with E-state index in [4.69, 9.17) is 9.47 Å². The molecule has 1 heterocycles. The van der Waals surface area contributed by atoms with Crippen molar-refractivity contribution < 1.29 is 24.2 Å². The average molecular weight is 467 g/mol. The first-order chi connectivity index (χ1) is 16.4. The van der Waals surface area contributed by atoms with Crippen LogP contribution < -0.4 is 9.64 Å². The number of methoxy groups -OCH3 is 1. The third kappa shape index (κ3) is 5.59. The van der Waals surface area contributed by atoms with Gasteiger partial charge in [-0.15, -0.1) is 0 Å². The summed E-state index contributed by atoms with van der Waals surface area (Å²) >= 11 is 0. The Morgan fingerprint density at radius 3 is 2.44 bits per heavy atom. The lowest BCUT2D eigenvalue weighted by Gasteiger charge is -2.26. The monoisotopic (exact) mass is 466 g/mol. The fourth-order valence-electron chi connectivity index (χ4n) is 4.01. The van der Waals surface area contributed by atoms with Gasteiger partial charge in [0.15, 0.2) is 0 Å². The largest absolute Gasteiger partial charge is 0.507 e. The number of rotatable bonds is 11. The number of carbonyl (C=O) groups excluding carboxylic acids is 2. The summed E-state index contributed by atoms with van der Waals surface area (Å²) in [7, 11) is 5.49. The maximum atomic E-state index is 13.1. The molecule has 2 aromatic rings. The van der Waals surface area contributed by atoms with E-state index in [0.717, 1.165) is 24.1 Å². The van der Waals surface area contributed by atoms with Gasteiger partial charge in [0, 0.05) is 45.6 Å². The number of hydrogen-bond acceptors (Lipinski definition) is 6. The molecule has 182 valence electrons. The molecule has 1 N–H and O–H groups in total. The molecule has 1 fully saturated rings. The number of amides is 1. The number of ketones is 1. The number of carbonyl (C=O) groups is 2. The summed E-state index contributed by atoms with van der Waals surface area (Å²) in [5.41, 5.74) is 2.29. The van der Waals surface area contributed by atoms with Crippen molar-refractivity contribution in [2.24, 2.45) is 0 Å². The molecule has 7 heteroatoms. The number of nitrogens with zero attached hydrogens (tertiary/aromatic N) is 2. The highest BCUT2D eigenvalue weighted by atomic mass is 16.5. The van der Waals surface area contributed by atoms with Crippen molar-refractivity contribution in [3.63, 3.8) is 0 Å². The molecule has 0 spiro atoms. The van der Waals surface area contributed by atoms with Gasteiger partial charge in [-0.3, -0.25) is 9.59 Å². The third-order valence-electron chi connectivity index (χ3n) is 5.89. The molecule has 0 radical (unpaired) electrons. The van der Waals surface area contributed by atoms with E-state index in [1.807, 2.05) is 49.3 Å². The van der Waals surface area contributed by atoms with Crippen LogP contribution in [-0.2, 0) is 14.3 Å². The van der Waals surface area contributed by atoms with Gasteiger partial charge in [0.2, 0.25) is 0 Å². The SMILES string of the molecule is CCCCOc1cccc(C(O)=C2C(=O)C(=O)N(CCCOC)C2c2ccc(N(C)C)cc2)c1. The van der Waals surface area contributed by atoms with E-state index >= 15 is 0 Å². The molecule has 0 bridgehead atoms. The molecular formula is C27H34N2O5. The van der Waals surface area contributed by atoms with E-state index in [1.165, 1.54) is 4.90 Å². The van der Waals surface area contributed by atoms with Crippen LogP contribution in [0.4, 0.5) is 5.69 Å². The zero-order chi connectivity index (χ0) is 24.7. The first-order valence-electron chi connectivity index (χ1n) is 11.7. The first kappa shape index (κ1) is 25.3. The van der Waals surface area contributed by atoms with Crippen molar-refractivity contribution >= 4 is 23.1 Å². The quantitative estimate of drug-likeness (QED) is 0.229. The van der Waals surface area contributed by atoms with E-state index in [1.54, 1.807) is 25.3 Å². The molecule has 1 amide bonds. The number of aliphatic hydroxyl groups is 1. The number of anilines is 1. The van der Waals surface area contributed by atoms with Crippen LogP contribution in [0.3, 0.4) is 0 Å². The summed E-state index contributed by atoms with van der Waals surface area (Å²) in [6, 6.07) is 14.0. The van der Waals surface area contributed by atoms with Gasteiger partial charge in [0.25, 0.3) is 11.7 Å². The van der Waals surface area contributed by atoms with Crippen LogP contribution in [-0.4, -0.2) is 62.7 Å². The number of aliphatic hydroxyl groups excluding tert-OH is 1. The standard InChI is InChI=1S/C27H34N2O5/c1-5-6-17-34-22-10-7-9-20(18-22)25(30)23-24(19-11-13-21(14-12-19)28(2)3)29(15-8-16-33-4)27(32)26(23)31/h7,9-14,18,24,30H,5-6,8,15-17H2,1-4H3. The molecule has 0 aromatic heterocycles. The molecule has 34 heavy (non-hydrogen) atoms. The predicted octanol–water partition coefficient (Wildman–Crippen LogP) is 4.39. The Morgan fingerprint density at radius 1 is 1.06 bits per heavy atom. The molecule has 2 aromatic carbocycles. The normalized spacial score (nSPS) is 17.3. The lowest BCUT2D eigenvalue weighted by molar-refractivity contribution is -0.140. The molecule has 1 aliphatic heterocycles. The van der Waals surface area contributed by atoms with Gasteiger partial charge >= 0.3 is 0 Å². The van der Waals surface area contributed by atoms with Crippen LogP contribution in [0, 0.1) is 0 Å². The second kappa shape index (κ2) is 11.7. The Hall–Kier alpha value is -3.32. The van der Waals surface area contributed by atoms with Crippen molar-refractivity contribution in [2.45, 2.75) is 32.2 Å². The van der Waals surface area contributed by atoms with Gasteiger partial charge in [-0.05, 0) is 42.7 Å². The van der Waals surface area contributed by atoms with Crippen molar-refractivity contribution in [3.8, 4) is 5.75 Å². The summed E-state index contributed by atoms with van der Waals surface area (Å²) in [6.45, 7) is 3.47. The summed E-state index contributed by atoms with van der Waals surface area (Å²) in [5, 5.41) is 11.3. The van der Waals surface area contributed by atoms with Gasteiger partial charge in [-0.1, -0.05) is 37.6 Å². The molecule has 1 saturated heterocycles. The molecule has 0 aliphatic carbocycles. The minimum absolute atomic E-state index is 0.0886. The van der Waals surface area contributed by atoms with Crippen LogP contribution in [0.1, 0.15) is 43.4 Å². The second-order valence-electron chi connectivity index (χ2n) is 8.55. The Morgan fingerprint density at radius 2 is 1.79 bits per heavy atom. The topological polar surface area (TPSA) is 79.3 Å². The van der Waals surface area contributed by atoms with Crippen LogP contribution in [0.25, 0.3) is 5.76 Å². The molecule has 1 atom stereocenters. The first-order valence-corrected chi connectivity index (χ1v) is 11.7. The van der Waals surface area contributed by atoms with Crippen LogP contribution in [0.5, 0.6) is 5.75 Å². The van der Waals surface area contributed by atoms with Gasteiger partial charge in [-0.2, -0.15) is 0 Å². The Labute approximate surface area is 201 Å². The van der Waals surface area contributed by atoms with Gasteiger partial charge in [-0.25, -0.2) is 0 Å². The van der Waals surface area contributed by atoms with Crippen molar-refractivity contribution in [1.29, 1.82) is 0 Å². The van der Waals surface area contributed by atoms with E-state index in [9.17, 15) is 14.7 Å². The number of ether oxygens (including phenoxy) is 2. The Balaban J connectivity index is 2.04. The zero-order valence-corrected chi connectivity index (χ0v) is 20.4. The summed E-state index contributed by atoms with van der Waals surface area (Å²) in [6.07, 6.45) is 2.52. The Bertz CT molecular complexity index is 1030. The highest BCUT2D eigenvalue weighted by molar-refractivity contribution is 6.46. The zero-order valence-electron chi connectivity index (χ0n) is 20.4. The van der Waals surface area contributed by atoms with E-state index in [-0.39, 0.29) is 11.3 Å². The number of hydrogen-bond donors (Lipinski definition) is 1. The molecule has 0 saturated carbocycles. The fourth-order valence-corrected chi connectivity index (χ4v) is 4.01. The lowest BCUT2D eigenvalue weighted by atomic mass is 9.95. The van der Waals surface area contributed by atoms with E-state index < -0.39 is 17.7 Å². The second-order valence-corrected chi connectivity index (χ2v) is 8.55. The minimum atomic E-state index is -0.686. The fraction of sp³-hybridized carbons (Fsp3) is 0.407. The van der Waals surface area contributed by atoms with Gasteiger partial charge in [0.05, 0.1) is 18.2 Å². The molecule has 3 rings (SSSR count). The Kier molecular flexibility index (Phi) is 8.71. The molecule has 1 aliphatic rings. The smallest absolute Gasteiger partial charge is 0.295 e. The van der Waals surface area contributed by atoms with Crippen molar-refractivity contribution in [2.75, 3.05) is 45.9 Å². The highest BCUT2D eigenvalue weighted by Crippen LogP contribution is 2.40. The molecular weight excluding hydrogens is 432 g/mol. The van der Waals surface area contributed by atoms with E-state index in [0.29, 0.717) is 37.5 Å². The molecule has 7 nitrogen and oxygen atoms in total. The van der Waals surface area contributed by atoms with Crippen LogP contribution in [0.15, 0.2) is 54.1 Å². The summed E-state index contributed by atoms with van der Waals surface area (Å²) in [5.74, 6) is -0.891. The minimum Gasteiger partial charge on any atom is -0.507 e. The van der Waals surface area contributed by atoms with Crippen molar-refractivity contribution in [1.82, 2.24) is 4.90 Å². The number of unbranched alkanes of at least 4 members (excludes halogenated alkanes) is 1. The third-order valence-corrected chi connectivity index (χ3v) is 5.89. The van der Waals surface area contributed by atoms with Gasteiger partial charge < -0.3 is 24.4 Å². The number of Topliss-reactive ketones (excluding diaryl/α,β-unsaturated/α-hetero) is 1. The lowest BCUT2D eigenvalue weighted by Crippen LogP contribution is -2.31. The van der Waals surface area contributed by atoms with Gasteiger partial charge in [0.1, 0.15) is 11.5 Å². The van der Waals surface area contributed by atoms with Crippen LogP contribution in [0.2, 0.25) is 0 Å². The van der Waals surface area contributed by atoms with E-state index in [2.05, 4.69) is 6.92 Å². The maximum Gasteiger partial charge on any atom is 0.295 e. The number of benzene rings is 2. The van der Waals surface area contributed by atoms with Crippen molar-refractivity contribution in [3.05, 3.63) is 65.2 Å². The highest BCUT2D eigenvalue weighted by Gasteiger charge is 2.45. The van der Waals surface area contributed by atoms with Crippen LogP contribution >= 0.6 is 0 Å².